The van der Waals surface area contributed by atoms with Gasteiger partial charge in [0.25, 0.3) is 0 Å². The van der Waals surface area contributed by atoms with Gasteiger partial charge in [-0.1, -0.05) is 25.0 Å². The number of hydrogen-bond donors (Lipinski definition) is 0. The Morgan fingerprint density at radius 1 is 1.18 bits per heavy atom. The third-order valence-electron chi connectivity index (χ3n) is 3.94. The summed E-state index contributed by atoms with van der Waals surface area (Å²) in [6.07, 6.45) is 7.02. The normalized spacial score (nSPS) is 25.3. The van der Waals surface area contributed by atoms with Crippen molar-refractivity contribution in [3.63, 3.8) is 0 Å². The van der Waals surface area contributed by atoms with Gasteiger partial charge in [0.2, 0.25) is 0 Å². The molecule has 2 rings (SSSR count). The molecule has 0 aromatic heterocycles. The highest BCUT2D eigenvalue weighted by atomic mass is 31.1. The lowest BCUT2D eigenvalue weighted by molar-refractivity contribution is 0.366. The highest BCUT2D eigenvalue weighted by Crippen LogP contribution is 2.37. The predicted molar refractivity (Wildman–Crippen MR) is 76.7 cm³/mol. The predicted octanol–water partition coefficient (Wildman–Crippen LogP) is 4.10. The van der Waals surface area contributed by atoms with Crippen molar-refractivity contribution in [2.75, 3.05) is 13.8 Å². The number of hydrogen-bond acceptors (Lipinski definition) is 1. The Morgan fingerprint density at radius 3 is 2.53 bits per heavy atom. The molecule has 0 saturated heterocycles. The second kappa shape index (κ2) is 6.40. The van der Waals surface area contributed by atoms with Gasteiger partial charge >= 0.3 is 0 Å². The summed E-state index contributed by atoms with van der Waals surface area (Å²) >= 11 is 0. The Kier molecular flexibility index (Phi) is 4.86. The number of ether oxygens (including phenoxy) is 1. The fourth-order valence-electron chi connectivity index (χ4n) is 2.90. The van der Waals surface area contributed by atoms with E-state index in [-0.39, 0.29) is 0 Å². The van der Waals surface area contributed by atoms with E-state index in [4.69, 9.17) is 4.74 Å². The van der Waals surface area contributed by atoms with E-state index < -0.39 is 0 Å². The standard InChI is InChI=1S/C15H23OP/c1-16-14-9-7-12(8-10-14)11-13-5-3-4-6-15(13)17-2/h7-10,13,15,17H,3-6,11H2,1-2H3. The van der Waals surface area contributed by atoms with Crippen LogP contribution in [0.25, 0.3) is 0 Å². The van der Waals surface area contributed by atoms with Crippen molar-refractivity contribution in [2.45, 2.75) is 37.8 Å². The van der Waals surface area contributed by atoms with Crippen LogP contribution in [0.4, 0.5) is 0 Å². The minimum Gasteiger partial charge on any atom is -0.497 e. The van der Waals surface area contributed by atoms with Gasteiger partial charge in [-0.2, -0.15) is 0 Å². The Labute approximate surface area is 107 Å². The van der Waals surface area contributed by atoms with Gasteiger partial charge in [-0.3, -0.25) is 0 Å². The lowest BCUT2D eigenvalue weighted by atomic mass is 9.84. The van der Waals surface area contributed by atoms with Crippen LogP contribution in [-0.2, 0) is 6.42 Å². The molecule has 0 spiro atoms. The summed E-state index contributed by atoms with van der Waals surface area (Å²) in [4.78, 5) is 0. The van der Waals surface area contributed by atoms with Crippen molar-refractivity contribution in [3.8, 4) is 5.75 Å². The van der Waals surface area contributed by atoms with E-state index in [2.05, 4.69) is 30.9 Å². The van der Waals surface area contributed by atoms with Crippen LogP contribution in [0.5, 0.6) is 5.75 Å². The van der Waals surface area contributed by atoms with Crippen LogP contribution in [0, 0.1) is 5.92 Å². The highest BCUT2D eigenvalue weighted by Gasteiger charge is 2.23. The van der Waals surface area contributed by atoms with E-state index in [1.807, 2.05) is 0 Å². The summed E-state index contributed by atoms with van der Waals surface area (Å²) in [6, 6.07) is 8.62. The molecular formula is C15H23OP. The van der Waals surface area contributed by atoms with Gasteiger partial charge in [0.05, 0.1) is 7.11 Å². The van der Waals surface area contributed by atoms with E-state index in [1.54, 1.807) is 7.11 Å². The molecule has 1 aliphatic carbocycles. The second-order valence-corrected chi connectivity index (χ2v) is 6.31. The Bertz CT molecular complexity index is 333. The second-order valence-electron chi connectivity index (χ2n) is 4.99. The maximum atomic E-state index is 5.20. The first kappa shape index (κ1) is 12.9. The van der Waals surface area contributed by atoms with Crippen LogP contribution in [0.3, 0.4) is 0 Å². The van der Waals surface area contributed by atoms with Gasteiger partial charge in [-0.25, -0.2) is 0 Å². The van der Waals surface area contributed by atoms with Gasteiger partial charge in [-0.15, -0.1) is 8.58 Å². The summed E-state index contributed by atoms with van der Waals surface area (Å²) in [5.41, 5.74) is 2.45. The lowest BCUT2D eigenvalue weighted by Gasteiger charge is -2.30. The smallest absolute Gasteiger partial charge is 0.118 e. The molecule has 1 aliphatic rings. The van der Waals surface area contributed by atoms with E-state index in [0.29, 0.717) is 0 Å². The van der Waals surface area contributed by atoms with Crippen molar-refractivity contribution in [2.24, 2.45) is 5.92 Å². The van der Waals surface area contributed by atoms with Gasteiger partial charge in [0.1, 0.15) is 5.75 Å². The molecule has 0 aliphatic heterocycles. The van der Waals surface area contributed by atoms with Crippen LogP contribution in [0.15, 0.2) is 24.3 Å². The quantitative estimate of drug-likeness (QED) is 0.731. The molecule has 0 N–H and O–H groups in total. The molecule has 1 aromatic carbocycles. The molecule has 1 fully saturated rings. The van der Waals surface area contributed by atoms with Gasteiger partial charge in [0, 0.05) is 0 Å². The molecule has 0 amide bonds. The van der Waals surface area contributed by atoms with Crippen molar-refractivity contribution in [3.05, 3.63) is 29.8 Å². The average Bonchev–Trinajstić information content (AvgIpc) is 2.40. The molecule has 2 heteroatoms. The van der Waals surface area contributed by atoms with E-state index in [1.165, 1.54) is 37.7 Å². The number of methoxy groups -OCH3 is 1. The molecule has 3 atom stereocenters. The fraction of sp³-hybridized carbons (Fsp3) is 0.600. The number of rotatable bonds is 4. The molecule has 17 heavy (non-hydrogen) atoms. The SMILES string of the molecule is COc1ccc(CC2CCCCC2PC)cc1. The van der Waals surface area contributed by atoms with E-state index in [9.17, 15) is 0 Å². The minimum absolute atomic E-state index is 0.917. The zero-order valence-electron chi connectivity index (χ0n) is 10.9. The zero-order chi connectivity index (χ0) is 12.1. The molecule has 3 unspecified atom stereocenters. The fourth-order valence-corrected chi connectivity index (χ4v) is 4.15. The van der Waals surface area contributed by atoms with Gasteiger partial charge in [0.15, 0.2) is 0 Å². The van der Waals surface area contributed by atoms with Gasteiger partial charge in [-0.05, 0) is 55.2 Å². The maximum absolute atomic E-state index is 5.20. The molecular weight excluding hydrogens is 227 g/mol. The maximum Gasteiger partial charge on any atom is 0.118 e. The highest BCUT2D eigenvalue weighted by molar-refractivity contribution is 7.37. The molecule has 0 bridgehead atoms. The van der Waals surface area contributed by atoms with E-state index >= 15 is 0 Å². The minimum atomic E-state index is 0.917. The molecule has 94 valence electrons. The van der Waals surface area contributed by atoms with Crippen molar-refractivity contribution in [1.82, 2.24) is 0 Å². The largest absolute Gasteiger partial charge is 0.497 e. The number of benzene rings is 1. The summed E-state index contributed by atoms with van der Waals surface area (Å²) in [5.74, 6) is 1.88. The van der Waals surface area contributed by atoms with Crippen molar-refractivity contribution >= 4 is 8.58 Å². The van der Waals surface area contributed by atoms with Crippen LogP contribution < -0.4 is 4.74 Å². The third kappa shape index (κ3) is 3.45. The Hall–Kier alpha value is -0.550. The Balaban J connectivity index is 1.98. The molecule has 0 heterocycles. The molecule has 1 aromatic rings. The zero-order valence-corrected chi connectivity index (χ0v) is 11.9. The molecule has 1 saturated carbocycles. The van der Waals surface area contributed by atoms with Crippen LogP contribution in [0.2, 0.25) is 0 Å². The van der Waals surface area contributed by atoms with E-state index in [0.717, 1.165) is 25.9 Å². The topological polar surface area (TPSA) is 9.23 Å². The molecule has 0 radical (unpaired) electrons. The first-order chi connectivity index (χ1) is 8.33. The Morgan fingerprint density at radius 2 is 1.88 bits per heavy atom. The summed E-state index contributed by atoms with van der Waals surface area (Å²) < 4.78 is 5.20. The van der Waals surface area contributed by atoms with Gasteiger partial charge < -0.3 is 4.74 Å². The van der Waals surface area contributed by atoms with Crippen molar-refractivity contribution < 1.29 is 4.74 Å². The average molecular weight is 250 g/mol. The third-order valence-corrected chi connectivity index (χ3v) is 5.44. The van der Waals surface area contributed by atoms with Crippen LogP contribution in [-0.4, -0.2) is 19.4 Å². The summed E-state index contributed by atoms with van der Waals surface area (Å²) in [6.45, 7) is 2.37. The first-order valence-electron chi connectivity index (χ1n) is 6.63. The van der Waals surface area contributed by atoms with Crippen molar-refractivity contribution in [1.29, 1.82) is 0 Å². The summed E-state index contributed by atoms with van der Waals surface area (Å²) in [5, 5.41) is 0. The van der Waals surface area contributed by atoms with Crippen LogP contribution in [0.1, 0.15) is 31.2 Å². The monoisotopic (exact) mass is 250 g/mol. The van der Waals surface area contributed by atoms with Crippen LogP contribution >= 0.6 is 8.58 Å². The lowest BCUT2D eigenvalue weighted by Crippen LogP contribution is -2.22. The first-order valence-corrected chi connectivity index (χ1v) is 8.21. The molecule has 1 nitrogen and oxygen atoms in total. The summed E-state index contributed by atoms with van der Waals surface area (Å²) in [7, 11) is 2.84.